The molecular weight excluding hydrogens is 410 g/mol. The molecule has 0 unspecified atom stereocenters. The molecule has 1 aliphatic heterocycles. The molecule has 2 atom stereocenters. The number of benzene rings is 2. The van der Waals surface area contributed by atoms with Crippen LogP contribution in [0.15, 0.2) is 54.6 Å². The third-order valence-electron chi connectivity index (χ3n) is 4.54. The Morgan fingerprint density at radius 1 is 1.10 bits per heavy atom. The van der Waals surface area contributed by atoms with E-state index in [4.69, 9.17) is 4.74 Å². The van der Waals surface area contributed by atoms with E-state index in [0.29, 0.717) is 5.56 Å². The normalized spacial score (nSPS) is 17.8. The molecule has 1 heterocycles. The summed E-state index contributed by atoms with van der Waals surface area (Å²) in [5.74, 6) is -1.36. The molecule has 0 saturated carbocycles. The minimum absolute atomic E-state index is 0.0606. The smallest absolute Gasteiger partial charge is 0.326 e. The molecule has 0 aromatic heterocycles. The van der Waals surface area contributed by atoms with E-state index in [9.17, 15) is 24.5 Å². The maximum Gasteiger partial charge on any atom is 0.326 e. The van der Waals surface area contributed by atoms with Crippen molar-refractivity contribution >= 4 is 36.1 Å². The van der Waals surface area contributed by atoms with E-state index in [1.165, 1.54) is 29.2 Å². The molecule has 0 bridgehead atoms. The average molecular weight is 429 g/mol. The Bertz CT molecular complexity index is 951. The monoisotopic (exact) mass is 429 g/mol. The second-order valence-corrected chi connectivity index (χ2v) is 7.20. The van der Waals surface area contributed by atoms with E-state index in [1.54, 1.807) is 0 Å². The predicted molar refractivity (Wildman–Crippen MR) is 109 cm³/mol. The van der Waals surface area contributed by atoms with E-state index in [-0.39, 0.29) is 31.2 Å². The van der Waals surface area contributed by atoms with Gasteiger partial charge in [-0.05, 0) is 23.3 Å². The van der Waals surface area contributed by atoms with Crippen LogP contribution in [0.4, 0.5) is 5.69 Å². The van der Waals surface area contributed by atoms with Crippen molar-refractivity contribution < 1.29 is 24.0 Å². The van der Waals surface area contributed by atoms with Crippen LogP contribution in [0.2, 0.25) is 0 Å². The first kappa shape index (κ1) is 21.3. The summed E-state index contributed by atoms with van der Waals surface area (Å²) in [6.07, 6.45) is 0.141. The summed E-state index contributed by atoms with van der Waals surface area (Å²) in [6.45, 7) is -0.377. The highest BCUT2D eigenvalue weighted by atomic mass is 32.1. The number of carbonyl (C=O) groups excluding carboxylic acids is 3. The number of hydrogen-bond donors (Lipinski definition) is 2. The molecule has 3 rings (SSSR count). The molecule has 0 radical (unpaired) electrons. The Morgan fingerprint density at radius 3 is 2.37 bits per heavy atom. The van der Waals surface area contributed by atoms with Gasteiger partial charge in [0.15, 0.2) is 0 Å². The van der Waals surface area contributed by atoms with Gasteiger partial charge in [-0.3, -0.25) is 24.5 Å². The molecule has 1 fully saturated rings. The van der Waals surface area contributed by atoms with Crippen LogP contribution in [-0.2, 0) is 32.1 Å². The number of nitro groups is 1. The molecule has 0 aliphatic carbocycles. The van der Waals surface area contributed by atoms with Crippen LogP contribution >= 0.6 is 12.6 Å². The summed E-state index contributed by atoms with van der Waals surface area (Å²) < 4.78 is 5.10. The van der Waals surface area contributed by atoms with Crippen molar-refractivity contribution in [3.8, 4) is 0 Å². The van der Waals surface area contributed by atoms with Crippen LogP contribution in [0, 0.1) is 10.1 Å². The van der Waals surface area contributed by atoms with Crippen molar-refractivity contribution in [3.63, 3.8) is 0 Å². The quantitative estimate of drug-likeness (QED) is 0.216. The Balaban J connectivity index is 1.43. The van der Waals surface area contributed by atoms with E-state index in [0.717, 1.165) is 5.56 Å². The van der Waals surface area contributed by atoms with Crippen LogP contribution < -0.4 is 5.32 Å². The molecule has 10 heteroatoms. The lowest BCUT2D eigenvalue weighted by Crippen LogP contribution is -2.69. The fourth-order valence-corrected chi connectivity index (χ4v) is 3.31. The maximum absolute atomic E-state index is 12.3. The van der Waals surface area contributed by atoms with Gasteiger partial charge in [-0.15, -0.1) is 0 Å². The number of esters is 1. The van der Waals surface area contributed by atoms with Crippen molar-refractivity contribution in [3.05, 3.63) is 75.8 Å². The summed E-state index contributed by atoms with van der Waals surface area (Å²) in [4.78, 5) is 47.7. The van der Waals surface area contributed by atoms with Gasteiger partial charge < -0.3 is 15.0 Å². The number of nitrogens with zero attached hydrogens (tertiary/aromatic N) is 2. The molecular formula is C20H19N3O6S. The molecule has 1 saturated heterocycles. The zero-order chi connectivity index (χ0) is 21.7. The van der Waals surface area contributed by atoms with Gasteiger partial charge in [0.25, 0.3) is 5.69 Å². The SMILES string of the molecule is O=C(Cc1ccccc1)N[C@@H]1C(=O)N(CC(=O)OCc2ccc([N+](=O)[O-])cc2)[C@@H]1S. The van der Waals surface area contributed by atoms with E-state index in [2.05, 4.69) is 17.9 Å². The van der Waals surface area contributed by atoms with Gasteiger partial charge in [0.1, 0.15) is 24.6 Å². The Morgan fingerprint density at radius 2 is 1.77 bits per heavy atom. The third kappa shape index (κ3) is 5.15. The second kappa shape index (κ2) is 9.40. The topological polar surface area (TPSA) is 119 Å². The first-order valence-electron chi connectivity index (χ1n) is 9.06. The van der Waals surface area contributed by atoms with Crippen molar-refractivity contribution in [2.45, 2.75) is 24.4 Å². The Hall–Kier alpha value is -3.40. The largest absolute Gasteiger partial charge is 0.459 e. The van der Waals surface area contributed by atoms with E-state index >= 15 is 0 Å². The zero-order valence-electron chi connectivity index (χ0n) is 15.8. The highest BCUT2D eigenvalue weighted by molar-refractivity contribution is 7.81. The number of ether oxygens (including phenoxy) is 1. The number of amides is 2. The van der Waals surface area contributed by atoms with Gasteiger partial charge in [0.2, 0.25) is 11.8 Å². The molecule has 2 aromatic rings. The first-order chi connectivity index (χ1) is 14.3. The van der Waals surface area contributed by atoms with Crippen LogP contribution in [0.25, 0.3) is 0 Å². The summed E-state index contributed by atoms with van der Waals surface area (Å²) in [6, 6.07) is 13.9. The van der Waals surface area contributed by atoms with Gasteiger partial charge in [-0.2, -0.15) is 12.6 Å². The number of non-ortho nitro benzene ring substituents is 1. The number of nitro benzene ring substituents is 1. The van der Waals surface area contributed by atoms with Crippen molar-refractivity contribution in [1.29, 1.82) is 0 Å². The first-order valence-corrected chi connectivity index (χ1v) is 9.57. The van der Waals surface area contributed by atoms with Gasteiger partial charge in [0, 0.05) is 12.1 Å². The van der Waals surface area contributed by atoms with Gasteiger partial charge in [-0.1, -0.05) is 30.3 Å². The summed E-state index contributed by atoms with van der Waals surface area (Å²) in [7, 11) is 0. The molecule has 1 aliphatic rings. The number of rotatable bonds is 8. The molecule has 1 N–H and O–H groups in total. The highest BCUT2D eigenvalue weighted by Crippen LogP contribution is 2.23. The van der Waals surface area contributed by atoms with Crippen molar-refractivity contribution in [2.24, 2.45) is 0 Å². The van der Waals surface area contributed by atoms with Crippen LogP contribution in [-0.4, -0.2) is 45.6 Å². The molecule has 30 heavy (non-hydrogen) atoms. The van der Waals surface area contributed by atoms with Crippen LogP contribution in [0.5, 0.6) is 0 Å². The zero-order valence-corrected chi connectivity index (χ0v) is 16.7. The Kier molecular flexibility index (Phi) is 6.68. The number of thiol groups is 1. The molecule has 2 amide bonds. The van der Waals surface area contributed by atoms with Crippen LogP contribution in [0.3, 0.4) is 0 Å². The lowest BCUT2D eigenvalue weighted by molar-refractivity contribution is -0.384. The van der Waals surface area contributed by atoms with E-state index in [1.807, 2.05) is 30.3 Å². The minimum atomic E-state index is -0.799. The number of likely N-dealkylation sites (tertiary alicyclic amines) is 1. The predicted octanol–water partition coefficient (Wildman–Crippen LogP) is 1.46. The maximum atomic E-state index is 12.3. The molecule has 0 spiro atoms. The third-order valence-corrected chi connectivity index (χ3v) is 5.11. The second-order valence-electron chi connectivity index (χ2n) is 6.67. The summed E-state index contributed by atoms with van der Waals surface area (Å²) in [5, 5.41) is 12.6. The van der Waals surface area contributed by atoms with E-state index < -0.39 is 28.2 Å². The standard InChI is InChI=1S/C20H19N3O6S/c24-16(10-13-4-2-1-3-5-13)21-18-19(26)22(20(18)30)11-17(25)29-12-14-6-8-15(9-7-14)23(27)28/h1-9,18,20,30H,10-12H2,(H,21,24)/t18-,20-/m1/s1. The molecule has 9 nitrogen and oxygen atoms in total. The van der Waals surface area contributed by atoms with Gasteiger partial charge in [0.05, 0.1) is 11.3 Å². The molecule has 2 aromatic carbocycles. The summed E-state index contributed by atoms with van der Waals surface area (Å²) in [5.41, 5.74) is 1.34. The highest BCUT2D eigenvalue weighted by Gasteiger charge is 2.47. The number of nitrogens with one attached hydrogen (secondary N) is 1. The van der Waals surface area contributed by atoms with Crippen LogP contribution in [0.1, 0.15) is 11.1 Å². The van der Waals surface area contributed by atoms with Gasteiger partial charge >= 0.3 is 5.97 Å². The average Bonchev–Trinajstić information content (AvgIpc) is 2.75. The van der Waals surface area contributed by atoms with Gasteiger partial charge in [-0.25, -0.2) is 0 Å². The minimum Gasteiger partial charge on any atom is -0.459 e. The number of hydrogen-bond acceptors (Lipinski definition) is 7. The number of carbonyl (C=O) groups is 3. The number of β-lactam (4-membered cyclic amide) rings is 1. The summed E-state index contributed by atoms with van der Waals surface area (Å²) >= 11 is 4.30. The lowest BCUT2D eigenvalue weighted by atomic mass is 10.1. The Labute approximate surface area is 177 Å². The molecule has 156 valence electrons. The van der Waals surface area contributed by atoms with Crippen molar-refractivity contribution in [2.75, 3.05) is 6.54 Å². The lowest BCUT2D eigenvalue weighted by Gasteiger charge is -2.43. The van der Waals surface area contributed by atoms with Crippen molar-refractivity contribution in [1.82, 2.24) is 10.2 Å². The fraction of sp³-hybridized carbons (Fsp3) is 0.250. The fourth-order valence-electron chi connectivity index (χ4n) is 2.91.